The standard InChI is InChI=1S/C19H14BrClN2O3/c1-11-14(3-2-4-16(11)21)18-8-6-13(26-18)10-22-23-17-7-5-12(20)9-15(17)19(24)25/h2-10,23H,1H3,(H,24,25)/b22-10+. The van der Waals surface area contributed by atoms with Gasteiger partial charge in [-0.05, 0) is 48.9 Å². The Balaban J connectivity index is 1.78. The van der Waals surface area contributed by atoms with Crippen molar-refractivity contribution >= 4 is 45.4 Å². The molecule has 0 aliphatic rings. The Labute approximate surface area is 163 Å². The Morgan fingerprint density at radius 2 is 2.08 bits per heavy atom. The lowest BCUT2D eigenvalue weighted by atomic mass is 10.1. The van der Waals surface area contributed by atoms with E-state index in [0.29, 0.717) is 26.7 Å². The van der Waals surface area contributed by atoms with Crippen LogP contribution < -0.4 is 5.43 Å². The predicted octanol–water partition coefficient (Wildman–Crippen LogP) is 5.82. The number of benzene rings is 2. The van der Waals surface area contributed by atoms with Crippen molar-refractivity contribution in [3.05, 3.63) is 74.9 Å². The van der Waals surface area contributed by atoms with Gasteiger partial charge in [-0.25, -0.2) is 4.79 Å². The summed E-state index contributed by atoms with van der Waals surface area (Å²) in [5, 5.41) is 14.0. The van der Waals surface area contributed by atoms with Gasteiger partial charge in [-0.3, -0.25) is 5.43 Å². The predicted molar refractivity (Wildman–Crippen MR) is 106 cm³/mol. The van der Waals surface area contributed by atoms with Crippen molar-refractivity contribution < 1.29 is 14.3 Å². The number of anilines is 1. The molecule has 2 N–H and O–H groups in total. The quantitative estimate of drug-likeness (QED) is 0.393. The molecule has 3 aromatic rings. The first-order valence-corrected chi connectivity index (χ1v) is 8.80. The van der Waals surface area contributed by atoms with E-state index in [1.54, 1.807) is 18.2 Å². The third-order valence-corrected chi connectivity index (χ3v) is 4.65. The molecule has 0 fully saturated rings. The Bertz CT molecular complexity index is 998. The molecule has 26 heavy (non-hydrogen) atoms. The maximum Gasteiger partial charge on any atom is 0.337 e. The van der Waals surface area contributed by atoms with Crippen LogP contribution in [0.5, 0.6) is 0 Å². The number of carboxylic acids is 1. The molecule has 3 rings (SSSR count). The van der Waals surface area contributed by atoms with E-state index in [-0.39, 0.29) is 5.56 Å². The van der Waals surface area contributed by atoms with Crippen molar-refractivity contribution in [2.45, 2.75) is 6.92 Å². The van der Waals surface area contributed by atoms with Crippen LogP contribution in [0.2, 0.25) is 5.02 Å². The topological polar surface area (TPSA) is 74.8 Å². The highest BCUT2D eigenvalue weighted by atomic mass is 79.9. The third kappa shape index (κ3) is 3.98. The Morgan fingerprint density at radius 3 is 2.85 bits per heavy atom. The molecule has 5 nitrogen and oxygen atoms in total. The molecule has 0 aliphatic carbocycles. The molecule has 7 heteroatoms. The molecular weight excluding hydrogens is 420 g/mol. The Kier molecular flexibility index (Phi) is 5.44. The summed E-state index contributed by atoms with van der Waals surface area (Å²) >= 11 is 9.40. The summed E-state index contributed by atoms with van der Waals surface area (Å²) in [6, 6.07) is 14.1. The number of hydrogen-bond donors (Lipinski definition) is 2. The lowest BCUT2D eigenvalue weighted by molar-refractivity contribution is 0.0698. The van der Waals surface area contributed by atoms with Crippen LogP contribution in [0.4, 0.5) is 5.69 Å². The maximum absolute atomic E-state index is 11.3. The normalized spacial score (nSPS) is 11.0. The van der Waals surface area contributed by atoms with Crippen LogP contribution in [-0.2, 0) is 0 Å². The molecule has 0 radical (unpaired) electrons. The average Bonchev–Trinajstić information content (AvgIpc) is 3.07. The fourth-order valence-electron chi connectivity index (χ4n) is 2.40. The number of carbonyl (C=O) groups is 1. The number of halogens is 2. The monoisotopic (exact) mass is 432 g/mol. The first-order chi connectivity index (χ1) is 12.5. The van der Waals surface area contributed by atoms with Crippen LogP contribution in [-0.4, -0.2) is 17.3 Å². The molecule has 0 atom stereocenters. The van der Waals surface area contributed by atoms with E-state index in [1.165, 1.54) is 12.3 Å². The molecular formula is C19H14BrClN2O3. The SMILES string of the molecule is Cc1c(Cl)cccc1-c1ccc(/C=N/Nc2ccc(Br)cc2C(=O)O)o1. The highest BCUT2D eigenvalue weighted by Gasteiger charge is 2.11. The lowest BCUT2D eigenvalue weighted by Crippen LogP contribution is -2.02. The Hall–Kier alpha value is -2.57. The van der Waals surface area contributed by atoms with E-state index < -0.39 is 5.97 Å². The molecule has 1 heterocycles. The van der Waals surface area contributed by atoms with Crippen molar-refractivity contribution in [1.29, 1.82) is 0 Å². The van der Waals surface area contributed by atoms with Crippen molar-refractivity contribution in [3.8, 4) is 11.3 Å². The molecule has 0 bridgehead atoms. The van der Waals surface area contributed by atoms with Gasteiger partial charge in [-0.2, -0.15) is 5.10 Å². The van der Waals surface area contributed by atoms with Gasteiger partial charge in [0.1, 0.15) is 11.5 Å². The zero-order chi connectivity index (χ0) is 18.7. The summed E-state index contributed by atoms with van der Waals surface area (Å²) in [5.74, 6) is 0.169. The summed E-state index contributed by atoms with van der Waals surface area (Å²) in [4.78, 5) is 11.3. The fraction of sp³-hybridized carbons (Fsp3) is 0.0526. The van der Waals surface area contributed by atoms with Gasteiger partial charge >= 0.3 is 5.97 Å². The highest BCUT2D eigenvalue weighted by Crippen LogP contribution is 2.29. The molecule has 132 valence electrons. The summed E-state index contributed by atoms with van der Waals surface area (Å²) in [5.41, 5.74) is 5.07. The minimum absolute atomic E-state index is 0.117. The van der Waals surface area contributed by atoms with E-state index in [2.05, 4.69) is 26.5 Å². The van der Waals surface area contributed by atoms with E-state index >= 15 is 0 Å². The van der Waals surface area contributed by atoms with Gasteiger partial charge in [0.15, 0.2) is 0 Å². The minimum Gasteiger partial charge on any atom is -0.478 e. The molecule has 2 aromatic carbocycles. The lowest BCUT2D eigenvalue weighted by Gasteiger charge is -2.05. The largest absolute Gasteiger partial charge is 0.478 e. The summed E-state index contributed by atoms with van der Waals surface area (Å²) in [6.07, 6.45) is 1.48. The second kappa shape index (κ2) is 7.76. The first-order valence-electron chi connectivity index (χ1n) is 7.63. The van der Waals surface area contributed by atoms with Crippen LogP contribution in [0.15, 0.2) is 62.5 Å². The number of rotatable bonds is 5. The maximum atomic E-state index is 11.3. The van der Waals surface area contributed by atoms with Gasteiger partial charge in [0.25, 0.3) is 0 Å². The van der Waals surface area contributed by atoms with Gasteiger partial charge in [0.2, 0.25) is 0 Å². The second-order valence-electron chi connectivity index (χ2n) is 5.48. The van der Waals surface area contributed by atoms with Crippen molar-refractivity contribution in [3.63, 3.8) is 0 Å². The second-order valence-corrected chi connectivity index (χ2v) is 6.80. The van der Waals surface area contributed by atoms with Gasteiger partial charge in [0.05, 0.1) is 17.5 Å². The van der Waals surface area contributed by atoms with Crippen molar-refractivity contribution in [2.24, 2.45) is 5.10 Å². The number of aromatic carboxylic acids is 1. The number of nitrogens with zero attached hydrogens (tertiary/aromatic N) is 1. The third-order valence-electron chi connectivity index (χ3n) is 3.75. The Morgan fingerprint density at radius 1 is 1.27 bits per heavy atom. The van der Waals surface area contributed by atoms with Gasteiger partial charge in [-0.15, -0.1) is 0 Å². The van der Waals surface area contributed by atoms with E-state index in [4.69, 9.17) is 16.0 Å². The average molecular weight is 434 g/mol. The van der Waals surface area contributed by atoms with Gasteiger partial charge in [0, 0.05) is 15.1 Å². The number of furan rings is 1. The first kappa shape index (κ1) is 18.2. The van der Waals surface area contributed by atoms with Gasteiger partial charge in [-0.1, -0.05) is 39.7 Å². The van der Waals surface area contributed by atoms with Crippen LogP contribution in [0.3, 0.4) is 0 Å². The molecule has 0 saturated carbocycles. The van der Waals surface area contributed by atoms with Crippen LogP contribution in [0.1, 0.15) is 21.7 Å². The minimum atomic E-state index is -1.04. The smallest absolute Gasteiger partial charge is 0.337 e. The summed E-state index contributed by atoms with van der Waals surface area (Å²) in [6.45, 7) is 1.93. The van der Waals surface area contributed by atoms with Crippen molar-refractivity contribution in [2.75, 3.05) is 5.43 Å². The fourth-order valence-corrected chi connectivity index (χ4v) is 2.93. The van der Waals surface area contributed by atoms with E-state index in [1.807, 2.05) is 31.2 Å². The number of nitrogens with one attached hydrogen (secondary N) is 1. The molecule has 0 aliphatic heterocycles. The van der Waals surface area contributed by atoms with Crippen LogP contribution in [0.25, 0.3) is 11.3 Å². The van der Waals surface area contributed by atoms with Crippen LogP contribution in [0, 0.1) is 6.92 Å². The zero-order valence-electron chi connectivity index (χ0n) is 13.7. The van der Waals surface area contributed by atoms with Crippen molar-refractivity contribution in [1.82, 2.24) is 0 Å². The highest BCUT2D eigenvalue weighted by molar-refractivity contribution is 9.10. The van der Waals surface area contributed by atoms with Crippen LogP contribution >= 0.6 is 27.5 Å². The molecule has 1 aromatic heterocycles. The molecule has 0 spiro atoms. The zero-order valence-corrected chi connectivity index (χ0v) is 16.0. The number of hydrazone groups is 1. The molecule has 0 amide bonds. The van der Waals surface area contributed by atoms with E-state index in [0.717, 1.165) is 11.1 Å². The summed E-state index contributed by atoms with van der Waals surface area (Å²) in [7, 11) is 0. The number of hydrogen-bond acceptors (Lipinski definition) is 4. The molecule has 0 saturated heterocycles. The molecule has 0 unspecified atom stereocenters. The van der Waals surface area contributed by atoms with E-state index in [9.17, 15) is 9.90 Å². The van der Waals surface area contributed by atoms with Gasteiger partial charge < -0.3 is 9.52 Å². The summed E-state index contributed by atoms with van der Waals surface area (Å²) < 4.78 is 6.45. The number of carboxylic acid groups (broad SMARTS) is 1.